The van der Waals surface area contributed by atoms with Crippen molar-refractivity contribution in [3.63, 3.8) is 0 Å². The summed E-state index contributed by atoms with van der Waals surface area (Å²) >= 11 is 1.41. The zero-order valence-corrected chi connectivity index (χ0v) is 15.8. The van der Waals surface area contributed by atoms with Gasteiger partial charge in [0.25, 0.3) is 0 Å². The Morgan fingerprint density at radius 3 is 2.84 bits per heavy atom. The lowest BCUT2D eigenvalue weighted by Gasteiger charge is -2.31. The van der Waals surface area contributed by atoms with Gasteiger partial charge in [0.1, 0.15) is 5.75 Å². The first kappa shape index (κ1) is 17.7. The largest absolute Gasteiger partial charge is 0.494 e. The van der Waals surface area contributed by atoms with E-state index in [0.717, 1.165) is 16.0 Å². The van der Waals surface area contributed by atoms with E-state index < -0.39 is 0 Å². The van der Waals surface area contributed by atoms with Gasteiger partial charge >= 0.3 is 0 Å². The predicted octanol–water partition coefficient (Wildman–Crippen LogP) is 3.28. The molecule has 7 heteroatoms. The summed E-state index contributed by atoms with van der Waals surface area (Å²) in [6, 6.07) is 5.67. The number of amides is 2. The van der Waals surface area contributed by atoms with Gasteiger partial charge in [0.05, 0.1) is 22.7 Å². The van der Waals surface area contributed by atoms with Crippen LogP contribution in [0.2, 0.25) is 0 Å². The Balaban J connectivity index is 1.71. The molecule has 0 bridgehead atoms. The molecule has 6 nitrogen and oxygen atoms in total. The molecule has 0 saturated carbocycles. The highest BCUT2D eigenvalue weighted by Crippen LogP contribution is 2.31. The number of hydrogen-bond acceptors (Lipinski definition) is 5. The molecule has 1 saturated heterocycles. The van der Waals surface area contributed by atoms with Gasteiger partial charge in [-0.05, 0) is 45.9 Å². The summed E-state index contributed by atoms with van der Waals surface area (Å²) in [5, 5.41) is 3.42. The number of ether oxygens (including phenoxy) is 1. The van der Waals surface area contributed by atoms with E-state index in [2.05, 4.69) is 10.3 Å². The SMILES string of the molecule is CCOc1ccc2nc(NC(=O)[C@H]3CC(=O)N(C(C)(C)C)C3)sc2c1. The minimum atomic E-state index is -0.335. The summed E-state index contributed by atoms with van der Waals surface area (Å²) in [5.41, 5.74) is 0.556. The molecule has 0 aliphatic carbocycles. The zero-order valence-electron chi connectivity index (χ0n) is 15.0. The van der Waals surface area contributed by atoms with Crippen molar-refractivity contribution in [2.24, 2.45) is 5.92 Å². The number of anilines is 1. The Labute approximate surface area is 151 Å². The molecule has 1 aromatic heterocycles. The van der Waals surface area contributed by atoms with Gasteiger partial charge in [0.2, 0.25) is 11.8 Å². The molecule has 2 aromatic rings. The lowest BCUT2D eigenvalue weighted by molar-refractivity contribution is -0.131. The van der Waals surface area contributed by atoms with E-state index >= 15 is 0 Å². The molecular formula is C18H23N3O3S. The highest BCUT2D eigenvalue weighted by molar-refractivity contribution is 7.22. The van der Waals surface area contributed by atoms with Crippen LogP contribution in [0.25, 0.3) is 10.2 Å². The second-order valence-electron chi connectivity index (χ2n) is 7.15. The highest BCUT2D eigenvalue weighted by atomic mass is 32.1. The van der Waals surface area contributed by atoms with Crippen LogP contribution in [0.1, 0.15) is 34.1 Å². The standard InChI is InChI=1S/C18H23N3O3S/c1-5-24-12-6-7-13-14(9-12)25-17(19-13)20-16(23)11-8-15(22)21(10-11)18(2,3)4/h6-7,9,11H,5,8,10H2,1-4H3,(H,19,20,23)/t11-/m0/s1. The average molecular weight is 361 g/mol. The summed E-state index contributed by atoms with van der Waals surface area (Å²) in [4.78, 5) is 30.9. The fourth-order valence-electron chi connectivity index (χ4n) is 2.95. The molecule has 1 aromatic carbocycles. The lowest BCUT2D eigenvalue weighted by atomic mass is 10.1. The van der Waals surface area contributed by atoms with Crippen molar-refractivity contribution in [3.8, 4) is 5.75 Å². The molecular weight excluding hydrogens is 338 g/mol. The van der Waals surface area contributed by atoms with Gasteiger partial charge in [-0.2, -0.15) is 0 Å². The number of hydrogen-bond donors (Lipinski definition) is 1. The number of thiazole rings is 1. The molecule has 1 aliphatic heterocycles. The summed E-state index contributed by atoms with van der Waals surface area (Å²) in [5.74, 6) is 0.332. The molecule has 1 fully saturated rings. The van der Waals surface area contributed by atoms with E-state index in [1.165, 1.54) is 11.3 Å². The molecule has 1 N–H and O–H groups in total. The van der Waals surface area contributed by atoms with E-state index in [4.69, 9.17) is 4.74 Å². The first-order valence-electron chi connectivity index (χ1n) is 8.42. The highest BCUT2D eigenvalue weighted by Gasteiger charge is 2.39. The van der Waals surface area contributed by atoms with Crippen molar-refractivity contribution < 1.29 is 14.3 Å². The first-order chi connectivity index (χ1) is 11.8. The summed E-state index contributed by atoms with van der Waals surface area (Å²) < 4.78 is 6.45. The molecule has 0 unspecified atom stereocenters. The molecule has 3 rings (SSSR count). The minimum Gasteiger partial charge on any atom is -0.494 e. The van der Waals surface area contributed by atoms with Crippen LogP contribution in [-0.2, 0) is 9.59 Å². The molecule has 1 atom stereocenters. The second kappa shape index (κ2) is 6.63. The summed E-state index contributed by atoms with van der Waals surface area (Å²) in [6.45, 7) is 8.94. The second-order valence-corrected chi connectivity index (χ2v) is 8.18. The van der Waals surface area contributed by atoms with Gasteiger partial charge in [-0.3, -0.25) is 9.59 Å². The number of nitrogens with one attached hydrogen (secondary N) is 1. The topological polar surface area (TPSA) is 71.5 Å². The molecule has 0 spiro atoms. The first-order valence-corrected chi connectivity index (χ1v) is 9.24. The van der Waals surface area contributed by atoms with Crippen molar-refractivity contribution >= 4 is 38.5 Å². The van der Waals surface area contributed by atoms with E-state index in [0.29, 0.717) is 18.3 Å². The number of likely N-dealkylation sites (tertiary alicyclic amines) is 1. The normalized spacial score (nSPS) is 18.0. The predicted molar refractivity (Wildman–Crippen MR) is 99.0 cm³/mol. The maximum Gasteiger partial charge on any atom is 0.231 e. The number of benzene rings is 1. The zero-order chi connectivity index (χ0) is 18.2. The fraction of sp³-hybridized carbons (Fsp3) is 0.500. The van der Waals surface area contributed by atoms with Crippen molar-refractivity contribution in [1.29, 1.82) is 0 Å². The maximum absolute atomic E-state index is 12.5. The van der Waals surface area contributed by atoms with Crippen molar-refractivity contribution in [3.05, 3.63) is 18.2 Å². The molecule has 25 heavy (non-hydrogen) atoms. The summed E-state index contributed by atoms with van der Waals surface area (Å²) in [6.07, 6.45) is 0.252. The third-order valence-electron chi connectivity index (χ3n) is 4.21. The van der Waals surface area contributed by atoms with E-state index in [1.54, 1.807) is 4.90 Å². The molecule has 2 amide bonds. The van der Waals surface area contributed by atoms with Crippen LogP contribution in [-0.4, -0.2) is 40.4 Å². The van der Waals surface area contributed by atoms with E-state index in [-0.39, 0.29) is 29.7 Å². The average Bonchev–Trinajstić information content (AvgIpc) is 3.09. The van der Waals surface area contributed by atoms with E-state index in [1.807, 2.05) is 45.9 Å². The maximum atomic E-state index is 12.5. The van der Waals surface area contributed by atoms with Gasteiger partial charge in [-0.1, -0.05) is 11.3 Å². The van der Waals surface area contributed by atoms with Crippen LogP contribution in [0.15, 0.2) is 18.2 Å². The van der Waals surface area contributed by atoms with Crippen LogP contribution >= 0.6 is 11.3 Å². The number of nitrogens with zero attached hydrogens (tertiary/aromatic N) is 2. The van der Waals surface area contributed by atoms with Crippen LogP contribution < -0.4 is 10.1 Å². The molecule has 134 valence electrons. The number of carbonyl (C=O) groups is 2. The minimum absolute atomic E-state index is 0.0262. The number of aromatic nitrogens is 1. The fourth-order valence-corrected chi connectivity index (χ4v) is 3.85. The number of fused-ring (bicyclic) bond motifs is 1. The third-order valence-corrected chi connectivity index (χ3v) is 5.14. The van der Waals surface area contributed by atoms with Crippen LogP contribution in [0.5, 0.6) is 5.75 Å². The Kier molecular flexibility index (Phi) is 4.69. The Morgan fingerprint density at radius 1 is 1.44 bits per heavy atom. The van der Waals surface area contributed by atoms with Crippen LogP contribution in [0.3, 0.4) is 0 Å². The van der Waals surface area contributed by atoms with Gasteiger partial charge in [0.15, 0.2) is 5.13 Å². The smallest absolute Gasteiger partial charge is 0.231 e. The Hall–Kier alpha value is -2.15. The monoisotopic (exact) mass is 361 g/mol. The van der Waals surface area contributed by atoms with Gasteiger partial charge in [0, 0.05) is 18.5 Å². The van der Waals surface area contributed by atoms with Crippen molar-refractivity contribution in [2.75, 3.05) is 18.5 Å². The van der Waals surface area contributed by atoms with Gasteiger partial charge in [-0.15, -0.1) is 0 Å². The van der Waals surface area contributed by atoms with Crippen molar-refractivity contribution in [1.82, 2.24) is 9.88 Å². The van der Waals surface area contributed by atoms with E-state index in [9.17, 15) is 9.59 Å². The van der Waals surface area contributed by atoms with Gasteiger partial charge in [-0.25, -0.2) is 4.98 Å². The third kappa shape index (κ3) is 3.76. The Bertz CT molecular complexity index is 809. The van der Waals surface area contributed by atoms with Crippen LogP contribution in [0.4, 0.5) is 5.13 Å². The van der Waals surface area contributed by atoms with Crippen molar-refractivity contribution in [2.45, 2.75) is 39.7 Å². The summed E-state index contributed by atoms with van der Waals surface area (Å²) in [7, 11) is 0. The molecule has 0 radical (unpaired) electrons. The quantitative estimate of drug-likeness (QED) is 0.907. The molecule has 2 heterocycles. The number of rotatable bonds is 4. The Morgan fingerprint density at radius 2 is 2.20 bits per heavy atom. The number of carbonyl (C=O) groups excluding carboxylic acids is 2. The van der Waals surface area contributed by atoms with Crippen LogP contribution in [0, 0.1) is 5.92 Å². The van der Waals surface area contributed by atoms with Gasteiger partial charge < -0.3 is 15.0 Å². The molecule has 1 aliphatic rings. The lowest BCUT2D eigenvalue weighted by Crippen LogP contribution is -2.42.